The fourth-order valence-electron chi connectivity index (χ4n) is 2.85. The van der Waals surface area contributed by atoms with Crippen LogP contribution < -0.4 is 10.6 Å². The minimum absolute atomic E-state index is 0.0395. The number of anilines is 2. The molecule has 0 aromatic heterocycles. The Balaban J connectivity index is 1.85. The molecule has 0 radical (unpaired) electrons. The number of benzene rings is 2. The largest absolute Gasteiger partial charge is 0.399 e. The van der Waals surface area contributed by atoms with E-state index in [4.69, 9.17) is 5.73 Å². The molecule has 1 aliphatic rings. The van der Waals surface area contributed by atoms with E-state index in [2.05, 4.69) is 12.1 Å². The number of nitrogen functional groups attached to an aromatic ring is 1. The molecular weight excluding hydrogens is 258 g/mol. The first-order chi connectivity index (χ1) is 9.65. The number of hydrogen-bond donors (Lipinski definition) is 1. The highest BCUT2D eigenvalue weighted by Gasteiger charge is 2.27. The van der Waals surface area contributed by atoms with Crippen molar-refractivity contribution in [1.82, 2.24) is 0 Å². The minimum atomic E-state index is -0.587. The van der Waals surface area contributed by atoms with Crippen molar-refractivity contribution in [3.05, 3.63) is 59.7 Å². The summed E-state index contributed by atoms with van der Waals surface area (Å²) in [6.45, 7) is 1.28. The Bertz CT molecular complexity index is 590. The maximum atomic E-state index is 13.9. The zero-order valence-electron chi connectivity index (χ0n) is 11.0. The first kappa shape index (κ1) is 12.9. The van der Waals surface area contributed by atoms with Crippen molar-refractivity contribution in [3.8, 4) is 0 Å². The molecule has 1 fully saturated rings. The van der Waals surface area contributed by atoms with E-state index < -0.39 is 11.6 Å². The van der Waals surface area contributed by atoms with Gasteiger partial charge in [-0.3, -0.25) is 0 Å². The lowest BCUT2D eigenvalue weighted by atomic mass is 9.99. The van der Waals surface area contributed by atoms with Gasteiger partial charge in [-0.2, -0.15) is 0 Å². The maximum Gasteiger partial charge on any atom is 0.151 e. The molecule has 0 amide bonds. The monoisotopic (exact) mass is 274 g/mol. The van der Waals surface area contributed by atoms with Gasteiger partial charge in [0.15, 0.2) is 11.6 Å². The van der Waals surface area contributed by atoms with Crippen molar-refractivity contribution in [2.24, 2.45) is 0 Å². The van der Waals surface area contributed by atoms with Crippen LogP contribution in [0.15, 0.2) is 42.5 Å². The Kier molecular flexibility index (Phi) is 3.30. The molecule has 1 aliphatic heterocycles. The van der Waals surface area contributed by atoms with E-state index in [1.54, 1.807) is 4.90 Å². The predicted octanol–water partition coefficient (Wildman–Crippen LogP) is 3.54. The third-order valence-electron chi connectivity index (χ3n) is 3.81. The minimum Gasteiger partial charge on any atom is -0.399 e. The van der Waals surface area contributed by atoms with E-state index in [9.17, 15) is 8.78 Å². The number of halogens is 2. The van der Waals surface area contributed by atoms with E-state index in [1.807, 2.05) is 18.2 Å². The quantitative estimate of drug-likeness (QED) is 0.849. The second-order valence-corrected chi connectivity index (χ2v) is 5.18. The summed E-state index contributed by atoms with van der Waals surface area (Å²) in [5.41, 5.74) is 6.81. The molecule has 1 heterocycles. The average molecular weight is 274 g/mol. The highest BCUT2D eigenvalue weighted by Crippen LogP contribution is 2.34. The SMILES string of the molecule is Nc1cc(F)c(N2CC[C@@H](c3ccccc3)C2)c(F)c1. The molecule has 0 unspecified atom stereocenters. The van der Waals surface area contributed by atoms with Gasteiger partial charge in [0.1, 0.15) is 5.69 Å². The Morgan fingerprint density at radius 3 is 2.35 bits per heavy atom. The average Bonchev–Trinajstić information content (AvgIpc) is 2.88. The molecule has 2 nitrogen and oxygen atoms in total. The normalized spacial score (nSPS) is 18.5. The molecule has 4 heteroatoms. The molecule has 20 heavy (non-hydrogen) atoms. The summed E-state index contributed by atoms with van der Waals surface area (Å²) in [4.78, 5) is 1.77. The van der Waals surface area contributed by atoms with Crippen LogP contribution in [0.2, 0.25) is 0 Å². The maximum absolute atomic E-state index is 13.9. The van der Waals surface area contributed by atoms with Gasteiger partial charge in [0.2, 0.25) is 0 Å². The Morgan fingerprint density at radius 2 is 1.70 bits per heavy atom. The third kappa shape index (κ3) is 2.33. The van der Waals surface area contributed by atoms with Gasteiger partial charge in [-0.1, -0.05) is 30.3 Å². The highest BCUT2D eigenvalue weighted by atomic mass is 19.1. The van der Waals surface area contributed by atoms with Gasteiger partial charge in [-0.15, -0.1) is 0 Å². The van der Waals surface area contributed by atoms with Crippen molar-refractivity contribution in [3.63, 3.8) is 0 Å². The molecule has 0 bridgehead atoms. The second-order valence-electron chi connectivity index (χ2n) is 5.18. The van der Waals surface area contributed by atoms with Gasteiger partial charge in [0, 0.05) is 24.7 Å². The molecule has 2 N–H and O–H groups in total. The Morgan fingerprint density at radius 1 is 1.05 bits per heavy atom. The van der Waals surface area contributed by atoms with Crippen LogP contribution in [0.1, 0.15) is 17.9 Å². The summed E-state index contributed by atoms with van der Waals surface area (Å²) < 4.78 is 27.9. The van der Waals surface area contributed by atoms with Crippen molar-refractivity contribution >= 4 is 11.4 Å². The molecule has 0 spiro atoms. The second kappa shape index (κ2) is 5.12. The molecule has 104 valence electrons. The molecule has 1 saturated heterocycles. The molecule has 3 rings (SSSR count). The summed E-state index contributed by atoms with van der Waals surface area (Å²) in [7, 11) is 0. The summed E-state index contributed by atoms with van der Waals surface area (Å²) >= 11 is 0. The van der Waals surface area contributed by atoms with Crippen molar-refractivity contribution in [2.75, 3.05) is 23.7 Å². The number of nitrogens with zero attached hydrogens (tertiary/aromatic N) is 1. The van der Waals surface area contributed by atoms with E-state index in [1.165, 1.54) is 17.7 Å². The highest BCUT2D eigenvalue weighted by molar-refractivity contribution is 5.56. The van der Waals surface area contributed by atoms with Gasteiger partial charge >= 0.3 is 0 Å². The van der Waals surface area contributed by atoms with Gasteiger partial charge in [-0.05, 0) is 24.1 Å². The molecule has 2 aromatic carbocycles. The summed E-state index contributed by atoms with van der Waals surface area (Å²) in [6, 6.07) is 12.4. The summed E-state index contributed by atoms with van der Waals surface area (Å²) in [5.74, 6) is -0.861. The van der Waals surface area contributed by atoms with Crippen LogP contribution in [0.25, 0.3) is 0 Å². The fourth-order valence-corrected chi connectivity index (χ4v) is 2.85. The van der Waals surface area contributed by atoms with Crippen LogP contribution in [0.4, 0.5) is 20.2 Å². The molecule has 1 atom stereocenters. The molecule has 0 aliphatic carbocycles. The van der Waals surface area contributed by atoms with Crippen LogP contribution in [0, 0.1) is 11.6 Å². The lowest BCUT2D eigenvalue weighted by Crippen LogP contribution is -2.22. The van der Waals surface area contributed by atoms with Crippen molar-refractivity contribution < 1.29 is 8.78 Å². The fraction of sp³-hybridized carbons (Fsp3) is 0.250. The van der Waals surface area contributed by atoms with E-state index in [0.717, 1.165) is 6.42 Å². The van der Waals surface area contributed by atoms with Crippen LogP contribution in [0.3, 0.4) is 0 Å². The van der Waals surface area contributed by atoms with Crippen LogP contribution in [-0.2, 0) is 0 Å². The standard InChI is InChI=1S/C16H16F2N2/c17-14-8-13(19)9-15(18)16(14)20-7-6-12(10-20)11-4-2-1-3-5-11/h1-5,8-9,12H,6-7,10,19H2/t12-/m1/s1. The first-order valence-corrected chi connectivity index (χ1v) is 6.69. The van der Waals surface area contributed by atoms with Gasteiger partial charge in [0.25, 0.3) is 0 Å². The predicted molar refractivity (Wildman–Crippen MR) is 76.8 cm³/mol. The molecular formula is C16H16F2N2. The number of hydrogen-bond acceptors (Lipinski definition) is 2. The van der Waals surface area contributed by atoms with Gasteiger partial charge in [0.05, 0.1) is 0 Å². The van der Waals surface area contributed by atoms with E-state index in [-0.39, 0.29) is 11.4 Å². The summed E-state index contributed by atoms with van der Waals surface area (Å²) in [5, 5.41) is 0. The topological polar surface area (TPSA) is 29.3 Å². The van der Waals surface area contributed by atoms with Gasteiger partial charge < -0.3 is 10.6 Å². The van der Waals surface area contributed by atoms with Crippen LogP contribution in [0.5, 0.6) is 0 Å². The zero-order valence-corrected chi connectivity index (χ0v) is 11.0. The van der Waals surface area contributed by atoms with Crippen molar-refractivity contribution in [1.29, 1.82) is 0 Å². The van der Waals surface area contributed by atoms with Gasteiger partial charge in [-0.25, -0.2) is 8.78 Å². The first-order valence-electron chi connectivity index (χ1n) is 6.69. The third-order valence-corrected chi connectivity index (χ3v) is 3.81. The van der Waals surface area contributed by atoms with Crippen molar-refractivity contribution in [2.45, 2.75) is 12.3 Å². The Hall–Kier alpha value is -2.10. The molecule has 0 saturated carbocycles. The number of rotatable bonds is 2. The zero-order chi connectivity index (χ0) is 14.1. The number of nitrogens with two attached hydrogens (primary N) is 1. The Labute approximate surface area is 116 Å². The smallest absolute Gasteiger partial charge is 0.151 e. The summed E-state index contributed by atoms with van der Waals surface area (Å²) in [6.07, 6.45) is 0.896. The lowest BCUT2D eigenvalue weighted by Gasteiger charge is -2.20. The van der Waals surface area contributed by atoms with E-state index in [0.29, 0.717) is 19.0 Å². The van der Waals surface area contributed by atoms with E-state index >= 15 is 0 Å². The lowest BCUT2D eigenvalue weighted by molar-refractivity contribution is 0.578. The van der Waals surface area contributed by atoms with Crippen LogP contribution >= 0.6 is 0 Å². The van der Waals surface area contributed by atoms with Crippen LogP contribution in [-0.4, -0.2) is 13.1 Å². The molecule has 2 aromatic rings.